The zero-order chi connectivity index (χ0) is 85.4. The van der Waals surface area contributed by atoms with Crippen LogP contribution in [0.5, 0.6) is 0 Å². The first-order chi connectivity index (χ1) is 58.9. The van der Waals surface area contributed by atoms with Crippen LogP contribution < -0.4 is 0 Å². The summed E-state index contributed by atoms with van der Waals surface area (Å²) in [7, 11) is 0. The van der Waals surface area contributed by atoms with Gasteiger partial charge in [-0.15, -0.1) is 0 Å². The Balaban J connectivity index is 0.00000103. The number of hydrogen-bond acceptors (Lipinski definition) is 0. The monoisotopic (exact) mass is 1690 g/mol. The summed E-state index contributed by atoms with van der Waals surface area (Å²) < 4.78 is 1.56. The number of allylic oxidation sites excluding steroid dienone is 2. The Morgan fingerprint density at radius 3 is 0.580 bits per heavy atom. The minimum atomic E-state index is 0.840. The Morgan fingerprint density at radius 2 is 0.361 bits per heavy atom. The van der Waals surface area contributed by atoms with Crippen LogP contribution >= 0.6 is 0 Å². The zero-order valence-corrected chi connectivity index (χ0v) is 82.9. The van der Waals surface area contributed by atoms with Gasteiger partial charge in [-0.05, 0) is 111 Å². The normalized spacial score (nSPS) is 12.2. The van der Waals surface area contributed by atoms with Gasteiger partial charge in [-0.2, -0.15) is 0 Å². The SMILES string of the molecule is CCCCCC#CC1=C(c2cc(CCCCC)cc(CCCCCCCC)c2)[N+](=[N-])C(c2cc(CCCCC)cc(CCCCCCCC)c2)=C1C#CCCCCCCCCCCCCCCCCCCCCCCCCCCC.CCCCCCCCCCCCCCCCCC[CH2][Ni][CH2]CCCCCCCCCCCCCCCCCC. The molecule has 0 saturated carbocycles. The zero-order valence-electron chi connectivity index (χ0n) is 81.9. The van der Waals surface area contributed by atoms with Crippen molar-refractivity contribution in [1.29, 1.82) is 0 Å². The second-order valence-electron chi connectivity index (χ2n) is 37.9. The summed E-state index contributed by atoms with van der Waals surface area (Å²) in [5, 5.41) is 2.87. The number of benzene rings is 2. The summed E-state index contributed by atoms with van der Waals surface area (Å²) in [5.74, 6) is 14.9. The number of hydrogen-bond donors (Lipinski definition) is 0. The van der Waals surface area contributed by atoms with Gasteiger partial charge in [0.15, 0.2) is 0 Å². The second-order valence-corrected chi connectivity index (χ2v) is 39.4. The van der Waals surface area contributed by atoms with Crippen molar-refractivity contribution in [3.8, 4) is 23.7 Å². The smallest absolute Gasteiger partial charge is 0.0654 e. The fraction of sp³-hybridized carbons (Fsp3) is 0.828. The third-order valence-corrected chi connectivity index (χ3v) is 27.4. The van der Waals surface area contributed by atoms with Crippen molar-refractivity contribution < 1.29 is 19.1 Å². The maximum atomic E-state index is 13.0. The van der Waals surface area contributed by atoms with Crippen molar-refractivity contribution in [1.82, 2.24) is 0 Å². The Labute approximate surface area is 753 Å². The van der Waals surface area contributed by atoms with E-state index in [1.807, 2.05) is 14.4 Å². The van der Waals surface area contributed by atoms with E-state index in [0.29, 0.717) is 0 Å². The summed E-state index contributed by atoms with van der Waals surface area (Å²) >= 11 is 2.05. The Kier molecular flexibility index (Phi) is 84.8. The third-order valence-electron chi connectivity index (χ3n) is 26.0. The Hall–Kier alpha value is -2.87. The molecule has 0 amide bonds. The fourth-order valence-corrected chi connectivity index (χ4v) is 19.3. The van der Waals surface area contributed by atoms with Gasteiger partial charge < -0.3 is 5.53 Å². The molecule has 0 bridgehead atoms. The van der Waals surface area contributed by atoms with Crippen LogP contribution in [0.15, 0.2) is 47.5 Å². The molecular weight excluding hydrogens is 1480 g/mol. The molecule has 2 aromatic carbocycles. The molecule has 0 aromatic heterocycles. The van der Waals surface area contributed by atoms with Crippen LogP contribution in [0.3, 0.4) is 0 Å². The van der Waals surface area contributed by atoms with E-state index < -0.39 is 0 Å². The van der Waals surface area contributed by atoms with Crippen molar-refractivity contribution >= 4 is 11.4 Å². The van der Waals surface area contributed by atoms with Gasteiger partial charge in [0.2, 0.25) is 11.4 Å². The average Bonchev–Trinajstić information content (AvgIpc) is 1.60. The molecule has 0 spiro atoms. The summed E-state index contributed by atoms with van der Waals surface area (Å²) in [6, 6.07) is 14.5. The molecule has 2 nitrogen and oxygen atoms in total. The van der Waals surface area contributed by atoms with Gasteiger partial charge in [-0.3, -0.25) is 0 Å². The van der Waals surface area contributed by atoms with Crippen LogP contribution in [0.4, 0.5) is 0 Å². The summed E-state index contributed by atoms with van der Waals surface area (Å²) in [4.78, 5) is 0. The van der Waals surface area contributed by atoms with E-state index in [4.69, 9.17) is 0 Å². The van der Waals surface area contributed by atoms with E-state index in [9.17, 15) is 5.53 Å². The van der Waals surface area contributed by atoms with Crippen LogP contribution in [0.25, 0.3) is 16.9 Å². The molecule has 0 saturated heterocycles. The second kappa shape index (κ2) is 89.9. The topological polar surface area (TPSA) is 25.3 Å². The van der Waals surface area contributed by atoms with Crippen molar-refractivity contribution in [3.63, 3.8) is 0 Å². The van der Waals surface area contributed by atoms with Crippen molar-refractivity contribution in [2.45, 2.75) is 618 Å². The molecule has 3 rings (SSSR count). The van der Waals surface area contributed by atoms with E-state index in [2.05, 4.69) is 115 Å². The predicted octanol–water partition coefficient (Wildman–Crippen LogP) is 41.1. The molecule has 0 unspecified atom stereocenters. The molecule has 3 heteroatoms. The molecule has 0 atom stereocenters. The van der Waals surface area contributed by atoms with Gasteiger partial charge in [0.1, 0.15) is 11.1 Å². The molecule has 119 heavy (non-hydrogen) atoms. The van der Waals surface area contributed by atoms with Crippen molar-refractivity contribution in [3.05, 3.63) is 86.5 Å². The van der Waals surface area contributed by atoms with Gasteiger partial charge in [0, 0.05) is 24.0 Å². The summed E-state index contributed by atoms with van der Waals surface area (Å²) in [6.45, 7) is 18.4. The minimum Gasteiger partial charge on any atom is -0.0654 e. The van der Waals surface area contributed by atoms with Gasteiger partial charge in [0.05, 0.1) is 0 Å². The molecule has 0 fully saturated rings. The van der Waals surface area contributed by atoms with Crippen LogP contribution in [-0.4, -0.2) is 4.70 Å². The van der Waals surface area contributed by atoms with Gasteiger partial charge in [-0.25, -0.2) is 4.70 Å². The first-order valence-electron chi connectivity index (χ1n) is 54.6. The molecule has 2 aromatic rings. The van der Waals surface area contributed by atoms with Crippen LogP contribution in [-0.2, 0) is 40.1 Å². The molecule has 0 radical (unpaired) electrons. The first-order valence-corrected chi connectivity index (χ1v) is 56.0. The number of rotatable bonds is 88. The van der Waals surface area contributed by atoms with E-state index >= 15 is 0 Å². The molecule has 1 heterocycles. The van der Waals surface area contributed by atoms with Crippen LogP contribution in [0.2, 0.25) is 10.8 Å². The van der Waals surface area contributed by atoms with Crippen molar-refractivity contribution in [2.75, 3.05) is 0 Å². The number of unbranched alkanes of at least 4 members (excludes halogenated alkanes) is 74. The number of nitrogens with zero attached hydrogens (tertiary/aromatic N) is 2. The van der Waals surface area contributed by atoms with Gasteiger partial charge in [0.25, 0.3) is 0 Å². The summed E-state index contributed by atoms with van der Waals surface area (Å²) in [6.07, 6.45) is 118. The average molecular weight is 1690 g/mol. The van der Waals surface area contributed by atoms with Crippen molar-refractivity contribution in [2.24, 2.45) is 0 Å². The maximum absolute atomic E-state index is 13.0. The number of aryl methyl sites for hydroxylation is 4. The van der Waals surface area contributed by atoms with Crippen LogP contribution in [0.1, 0.15) is 615 Å². The standard InChI is InChI=1S/C78H128N2.2C19H39.Ni/c1-7-13-19-23-26-27-28-29-30-31-32-33-34-35-36-37-38-39-40-41-42-43-44-45-46-50-56-62-76-75(61-55-47-22-16-10-4)77(73-65-69(57-51-17-11-5)63-71(67-73)59-53-48-24-20-14-8-2)80(79)78(76)74-66-70(58-52-18-12-6)64-72(68-74)60-54-49-25-21-15-9-3;2*1-3-5-7-9-11-13-15-17-19-18-16-14-12-10-8-6-4-2;/h63-68H,7-54,57-60H2,1-6H3;2*1,3-19H2,2H3;. The fourth-order valence-electron chi connectivity index (χ4n) is 18.1. The molecule has 690 valence electrons. The van der Waals surface area contributed by atoms with Gasteiger partial charge >= 0.3 is 166 Å². The van der Waals surface area contributed by atoms with E-state index in [1.54, 1.807) is 4.70 Å². The van der Waals surface area contributed by atoms with Gasteiger partial charge in [-0.1, -0.05) is 425 Å². The van der Waals surface area contributed by atoms with E-state index in [1.165, 1.54) is 534 Å². The van der Waals surface area contributed by atoms with Crippen LogP contribution in [0, 0.1) is 23.7 Å². The third kappa shape index (κ3) is 68.1. The summed E-state index contributed by atoms with van der Waals surface area (Å²) in [5.41, 5.74) is 24.3. The molecule has 0 N–H and O–H groups in total. The van der Waals surface area contributed by atoms with E-state index in [0.717, 1.165) is 85.0 Å². The minimum absolute atomic E-state index is 0.840. The predicted molar refractivity (Wildman–Crippen MR) is 534 cm³/mol. The quantitative estimate of drug-likeness (QED) is 0.0273. The molecule has 0 aliphatic carbocycles. The van der Waals surface area contributed by atoms with E-state index in [-0.39, 0.29) is 0 Å². The Bertz CT molecular complexity index is 2680. The first kappa shape index (κ1) is 112. The molecular formula is C116H206N2Ni. The molecule has 1 aliphatic heterocycles. The Morgan fingerprint density at radius 1 is 0.202 bits per heavy atom. The molecule has 1 aliphatic rings.